The van der Waals surface area contributed by atoms with Gasteiger partial charge in [0.05, 0.1) is 0 Å². The Balaban J connectivity index is 3.76. The molecule has 0 saturated carbocycles. The van der Waals surface area contributed by atoms with Gasteiger partial charge < -0.3 is 15.5 Å². The number of nitrogens with two attached hydrogens (primary N) is 1. The van der Waals surface area contributed by atoms with Crippen molar-refractivity contribution >= 4 is 5.91 Å². The van der Waals surface area contributed by atoms with Crippen molar-refractivity contribution in [2.24, 2.45) is 11.7 Å². The summed E-state index contributed by atoms with van der Waals surface area (Å²) in [4.78, 5) is 15.4. The van der Waals surface area contributed by atoms with Crippen LogP contribution in [0, 0.1) is 5.92 Å². The fourth-order valence-corrected chi connectivity index (χ4v) is 1.01. The van der Waals surface area contributed by atoms with Crippen molar-refractivity contribution in [2.75, 3.05) is 40.8 Å². The molecule has 0 rings (SSSR count). The van der Waals surface area contributed by atoms with Crippen molar-refractivity contribution < 1.29 is 4.79 Å². The zero-order chi connectivity index (χ0) is 11.1. The molecule has 0 aliphatic carbocycles. The third kappa shape index (κ3) is 5.94. The number of hydrogen-bond acceptors (Lipinski definition) is 3. The van der Waals surface area contributed by atoms with Crippen molar-refractivity contribution in [3.8, 4) is 0 Å². The van der Waals surface area contributed by atoms with Crippen LogP contribution in [0.2, 0.25) is 0 Å². The Labute approximate surface area is 87.0 Å². The summed E-state index contributed by atoms with van der Waals surface area (Å²) in [5, 5.41) is 0. The zero-order valence-electron chi connectivity index (χ0n) is 9.79. The van der Waals surface area contributed by atoms with Crippen LogP contribution in [0.5, 0.6) is 0 Å². The molecule has 0 aliphatic heterocycles. The molecule has 0 aromatic heterocycles. The molecule has 4 heteroatoms. The van der Waals surface area contributed by atoms with E-state index in [-0.39, 0.29) is 11.8 Å². The van der Waals surface area contributed by atoms with Gasteiger partial charge in [-0.1, -0.05) is 6.92 Å². The molecule has 0 spiro atoms. The van der Waals surface area contributed by atoms with Crippen molar-refractivity contribution in [3.05, 3.63) is 0 Å². The lowest BCUT2D eigenvalue weighted by atomic mass is 10.1. The summed E-state index contributed by atoms with van der Waals surface area (Å²) in [5.74, 6) is 0.467. The molecule has 1 amide bonds. The van der Waals surface area contributed by atoms with Crippen LogP contribution in [-0.2, 0) is 4.79 Å². The first-order valence-corrected chi connectivity index (χ1v) is 5.06. The molecule has 0 aliphatic rings. The molecular formula is C10H23N3O. The molecule has 2 N–H and O–H groups in total. The highest BCUT2D eigenvalue weighted by Crippen LogP contribution is 2.02. The summed E-state index contributed by atoms with van der Waals surface area (Å²) in [6.45, 7) is 4.26. The van der Waals surface area contributed by atoms with Crippen molar-refractivity contribution in [2.45, 2.75) is 13.3 Å². The summed E-state index contributed by atoms with van der Waals surface area (Å²) in [7, 11) is 5.84. The van der Waals surface area contributed by atoms with Crippen LogP contribution < -0.4 is 5.73 Å². The highest BCUT2D eigenvalue weighted by molar-refractivity contribution is 5.76. The molecule has 0 radical (unpaired) electrons. The molecule has 14 heavy (non-hydrogen) atoms. The lowest BCUT2D eigenvalue weighted by Crippen LogP contribution is -2.34. The first-order valence-electron chi connectivity index (χ1n) is 5.06. The lowest BCUT2D eigenvalue weighted by Gasteiger charge is -2.21. The van der Waals surface area contributed by atoms with Crippen LogP contribution in [-0.4, -0.2) is 56.5 Å². The fourth-order valence-electron chi connectivity index (χ4n) is 1.01. The van der Waals surface area contributed by atoms with E-state index in [1.54, 1.807) is 4.90 Å². The van der Waals surface area contributed by atoms with E-state index in [1.165, 1.54) is 0 Å². The van der Waals surface area contributed by atoms with E-state index < -0.39 is 0 Å². The highest BCUT2D eigenvalue weighted by Gasteiger charge is 2.11. The van der Waals surface area contributed by atoms with Crippen LogP contribution in [0.15, 0.2) is 0 Å². The molecule has 1 atom stereocenters. The van der Waals surface area contributed by atoms with Crippen molar-refractivity contribution in [1.82, 2.24) is 9.80 Å². The fraction of sp³-hybridized carbons (Fsp3) is 0.900. The SMILES string of the molecule is CC(CN)CC(=O)N(C)CCN(C)C. The minimum Gasteiger partial charge on any atom is -0.344 e. The first-order chi connectivity index (χ1) is 6.47. The van der Waals surface area contributed by atoms with E-state index in [9.17, 15) is 4.79 Å². The van der Waals surface area contributed by atoms with Gasteiger partial charge in [0.2, 0.25) is 5.91 Å². The van der Waals surface area contributed by atoms with Crippen LogP contribution in [0.1, 0.15) is 13.3 Å². The number of amides is 1. The second-order valence-electron chi connectivity index (χ2n) is 4.16. The van der Waals surface area contributed by atoms with Crippen LogP contribution in [0.4, 0.5) is 0 Å². The average molecular weight is 201 g/mol. The predicted molar refractivity (Wildman–Crippen MR) is 59.0 cm³/mol. The summed E-state index contributed by atoms with van der Waals surface area (Å²) in [6.07, 6.45) is 0.556. The molecule has 0 heterocycles. The largest absolute Gasteiger partial charge is 0.344 e. The van der Waals surface area contributed by atoms with Gasteiger partial charge >= 0.3 is 0 Å². The van der Waals surface area contributed by atoms with E-state index in [1.807, 2.05) is 28.1 Å². The molecule has 4 nitrogen and oxygen atoms in total. The van der Waals surface area contributed by atoms with E-state index in [0.717, 1.165) is 13.1 Å². The molecule has 1 unspecified atom stereocenters. The van der Waals surface area contributed by atoms with E-state index >= 15 is 0 Å². The molecule has 0 fully saturated rings. The molecular weight excluding hydrogens is 178 g/mol. The minimum absolute atomic E-state index is 0.185. The summed E-state index contributed by atoms with van der Waals surface area (Å²) < 4.78 is 0. The normalized spacial score (nSPS) is 13.0. The number of carbonyl (C=O) groups is 1. The van der Waals surface area contributed by atoms with Gasteiger partial charge in [-0.15, -0.1) is 0 Å². The van der Waals surface area contributed by atoms with Gasteiger partial charge in [0.1, 0.15) is 0 Å². The summed E-state index contributed by atoms with van der Waals surface area (Å²) in [5.41, 5.74) is 5.46. The Morgan fingerprint density at radius 1 is 1.29 bits per heavy atom. The Morgan fingerprint density at radius 3 is 2.29 bits per heavy atom. The third-order valence-corrected chi connectivity index (χ3v) is 2.23. The van der Waals surface area contributed by atoms with Gasteiger partial charge in [-0.2, -0.15) is 0 Å². The number of rotatable bonds is 6. The number of carbonyl (C=O) groups excluding carboxylic acids is 1. The lowest BCUT2D eigenvalue weighted by molar-refractivity contribution is -0.130. The minimum atomic E-state index is 0.185. The van der Waals surface area contributed by atoms with E-state index in [0.29, 0.717) is 13.0 Å². The predicted octanol–water partition coefficient (Wildman–Crippen LogP) is -0.00870. The quantitative estimate of drug-likeness (QED) is 0.657. The van der Waals surface area contributed by atoms with Crippen LogP contribution in [0.25, 0.3) is 0 Å². The number of likely N-dealkylation sites (N-methyl/N-ethyl adjacent to an activating group) is 2. The summed E-state index contributed by atoms with van der Waals surface area (Å²) in [6, 6.07) is 0. The van der Waals surface area contributed by atoms with Gasteiger partial charge in [0, 0.05) is 26.6 Å². The maximum atomic E-state index is 11.6. The average Bonchev–Trinajstić information content (AvgIpc) is 2.13. The summed E-state index contributed by atoms with van der Waals surface area (Å²) >= 11 is 0. The Bertz CT molecular complexity index is 171. The van der Waals surface area contributed by atoms with Crippen LogP contribution >= 0.6 is 0 Å². The Hall–Kier alpha value is -0.610. The van der Waals surface area contributed by atoms with Gasteiger partial charge in [-0.3, -0.25) is 4.79 Å². The van der Waals surface area contributed by atoms with Crippen molar-refractivity contribution in [3.63, 3.8) is 0 Å². The monoisotopic (exact) mass is 201 g/mol. The zero-order valence-corrected chi connectivity index (χ0v) is 9.79. The molecule has 84 valence electrons. The van der Waals surface area contributed by atoms with Gasteiger partial charge in [-0.05, 0) is 26.6 Å². The highest BCUT2D eigenvalue weighted by atomic mass is 16.2. The topological polar surface area (TPSA) is 49.6 Å². The van der Waals surface area contributed by atoms with Gasteiger partial charge in [0.15, 0.2) is 0 Å². The third-order valence-electron chi connectivity index (χ3n) is 2.23. The second-order valence-corrected chi connectivity index (χ2v) is 4.16. The molecule has 0 bridgehead atoms. The molecule has 0 aromatic carbocycles. The maximum Gasteiger partial charge on any atom is 0.222 e. The number of hydrogen-bond donors (Lipinski definition) is 1. The Morgan fingerprint density at radius 2 is 1.86 bits per heavy atom. The maximum absolute atomic E-state index is 11.6. The number of nitrogens with zero attached hydrogens (tertiary/aromatic N) is 2. The van der Waals surface area contributed by atoms with Gasteiger partial charge in [0.25, 0.3) is 0 Å². The van der Waals surface area contributed by atoms with Crippen LogP contribution in [0.3, 0.4) is 0 Å². The first kappa shape index (κ1) is 13.4. The molecule has 0 saturated heterocycles. The smallest absolute Gasteiger partial charge is 0.222 e. The van der Waals surface area contributed by atoms with Gasteiger partial charge in [-0.25, -0.2) is 0 Å². The van der Waals surface area contributed by atoms with E-state index in [2.05, 4.69) is 4.90 Å². The van der Waals surface area contributed by atoms with E-state index in [4.69, 9.17) is 5.73 Å². The molecule has 0 aromatic rings. The Kier molecular flexibility index (Phi) is 6.49. The van der Waals surface area contributed by atoms with Crippen molar-refractivity contribution in [1.29, 1.82) is 0 Å². The standard InChI is InChI=1S/C10H23N3O/c1-9(8-11)7-10(14)13(4)6-5-12(2)3/h9H,5-8,11H2,1-4H3. The second kappa shape index (κ2) is 6.79.